The topological polar surface area (TPSA) is 89.8 Å². The molecule has 3 aromatic rings. The van der Waals surface area contributed by atoms with E-state index in [4.69, 9.17) is 0 Å². The van der Waals surface area contributed by atoms with Crippen LogP contribution < -0.4 is 5.32 Å². The van der Waals surface area contributed by atoms with Gasteiger partial charge in [0.25, 0.3) is 0 Å². The highest BCUT2D eigenvalue weighted by Gasteiger charge is 2.22. The maximum atomic E-state index is 12.4. The summed E-state index contributed by atoms with van der Waals surface area (Å²) in [6.45, 7) is 2.30. The van der Waals surface area contributed by atoms with Crippen LogP contribution in [0.3, 0.4) is 0 Å². The normalized spacial score (nSPS) is 16.2. The zero-order valence-electron chi connectivity index (χ0n) is 15.6. The van der Waals surface area contributed by atoms with Gasteiger partial charge in [-0.25, -0.2) is 0 Å². The summed E-state index contributed by atoms with van der Waals surface area (Å²) in [7, 11) is 0. The number of nitrogens with one attached hydrogen (secondary N) is 1. The molecule has 0 bridgehead atoms. The van der Waals surface area contributed by atoms with Gasteiger partial charge in [0.1, 0.15) is 5.82 Å². The molecule has 0 aromatic carbocycles. The van der Waals surface area contributed by atoms with Crippen LogP contribution in [-0.2, 0) is 24.2 Å². The average Bonchev–Trinajstić information content (AvgIpc) is 3.27. The smallest absolute Gasteiger partial charge is 0.224 e. The SMILES string of the molecule is CC(=O)c1cc(CC(=O)NC2CCc3nnc(-c4cccnc4)n3CC2)cs1. The minimum Gasteiger partial charge on any atom is -0.353 e. The van der Waals surface area contributed by atoms with Gasteiger partial charge in [-0.1, -0.05) is 0 Å². The van der Waals surface area contributed by atoms with Crippen LogP contribution in [-0.4, -0.2) is 37.5 Å². The lowest BCUT2D eigenvalue weighted by Crippen LogP contribution is -2.36. The van der Waals surface area contributed by atoms with Gasteiger partial charge in [0.2, 0.25) is 5.91 Å². The van der Waals surface area contributed by atoms with E-state index in [-0.39, 0.29) is 17.7 Å². The maximum Gasteiger partial charge on any atom is 0.224 e. The lowest BCUT2D eigenvalue weighted by molar-refractivity contribution is -0.121. The van der Waals surface area contributed by atoms with Crippen molar-refractivity contribution >= 4 is 23.0 Å². The molecule has 0 radical (unpaired) electrons. The van der Waals surface area contributed by atoms with Gasteiger partial charge in [-0.15, -0.1) is 21.5 Å². The van der Waals surface area contributed by atoms with E-state index >= 15 is 0 Å². The van der Waals surface area contributed by atoms with Gasteiger partial charge < -0.3 is 9.88 Å². The van der Waals surface area contributed by atoms with Crippen LogP contribution in [0.15, 0.2) is 36.0 Å². The molecule has 7 nitrogen and oxygen atoms in total. The lowest BCUT2D eigenvalue weighted by atomic mass is 10.1. The van der Waals surface area contributed by atoms with Crippen LogP contribution in [0, 0.1) is 0 Å². The molecule has 4 heterocycles. The zero-order chi connectivity index (χ0) is 19.5. The molecular formula is C20H21N5O2S. The van der Waals surface area contributed by atoms with Gasteiger partial charge >= 0.3 is 0 Å². The number of hydrogen-bond donors (Lipinski definition) is 1. The Morgan fingerprint density at radius 1 is 1.32 bits per heavy atom. The van der Waals surface area contributed by atoms with Gasteiger partial charge in [0, 0.05) is 37.0 Å². The maximum absolute atomic E-state index is 12.4. The number of aryl methyl sites for hydroxylation is 1. The van der Waals surface area contributed by atoms with Crippen molar-refractivity contribution in [1.82, 2.24) is 25.1 Å². The molecule has 3 aromatic heterocycles. The molecule has 1 N–H and O–H groups in total. The fourth-order valence-corrected chi connectivity index (χ4v) is 4.27. The van der Waals surface area contributed by atoms with Crippen molar-refractivity contribution in [3.8, 4) is 11.4 Å². The highest BCUT2D eigenvalue weighted by atomic mass is 32.1. The number of pyridine rings is 1. The molecule has 1 atom stereocenters. The van der Waals surface area contributed by atoms with E-state index in [1.54, 1.807) is 25.4 Å². The van der Waals surface area contributed by atoms with Gasteiger partial charge in [-0.2, -0.15) is 0 Å². The Morgan fingerprint density at radius 2 is 2.21 bits per heavy atom. The second kappa shape index (κ2) is 8.02. The Bertz CT molecular complexity index is 995. The Morgan fingerprint density at radius 3 is 2.96 bits per heavy atom. The summed E-state index contributed by atoms with van der Waals surface area (Å²) in [4.78, 5) is 28.7. The number of carbonyl (C=O) groups is 2. The highest BCUT2D eigenvalue weighted by Crippen LogP contribution is 2.22. The summed E-state index contributed by atoms with van der Waals surface area (Å²) in [5.74, 6) is 1.79. The van der Waals surface area contributed by atoms with Crippen molar-refractivity contribution in [2.45, 2.75) is 45.2 Å². The number of thiophene rings is 1. The van der Waals surface area contributed by atoms with E-state index in [1.807, 2.05) is 17.5 Å². The molecule has 0 aliphatic carbocycles. The third kappa shape index (κ3) is 4.01. The minimum atomic E-state index is -0.0111. The number of ketones is 1. The van der Waals surface area contributed by atoms with E-state index in [2.05, 4.69) is 25.1 Å². The van der Waals surface area contributed by atoms with E-state index in [1.165, 1.54) is 11.3 Å². The molecule has 0 saturated carbocycles. The molecule has 28 heavy (non-hydrogen) atoms. The van der Waals surface area contributed by atoms with Gasteiger partial charge in [0.15, 0.2) is 11.6 Å². The quantitative estimate of drug-likeness (QED) is 0.671. The molecule has 0 saturated heterocycles. The van der Waals surface area contributed by atoms with Gasteiger partial charge in [0.05, 0.1) is 11.3 Å². The fourth-order valence-electron chi connectivity index (χ4n) is 3.46. The number of hydrogen-bond acceptors (Lipinski definition) is 6. The molecular weight excluding hydrogens is 374 g/mol. The van der Waals surface area contributed by atoms with E-state index in [9.17, 15) is 9.59 Å². The predicted octanol–water partition coefficient (Wildman–Crippen LogP) is 2.67. The van der Waals surface area contributed by atoms with Crippen LogP contribution in [0.5, 0.6) is 0 Å². The van der Waals surface area contributed by atoms with Crippen LogP contribution in [0.1, 0.15) is 40.8 Å². The predicted molar refractivity (Wildman–Crippen MR) is 106 cm³/mol. The molecule has 1 aliphatic rings. The second-order valence-corrected chi connectivity index (χ2v) is 7.89. The fraction of sp³-hybridized carbons (Fsp3) is 0.350. The van der Waals surface area contributed by atoms with E-state index < -0.39 is 0 Å². The van der Waals surface area contributed by atoms with Crippen molar-refractivity contribution in [1.29, 1.82) is 0 Å². The number of carbonyl (C=O) groups excluding carboxylic acids is 2. The molecule has 8 heteroatoms. The minimum absolute atomic E-state index is 0.0111. The number of rotatable bonds is 5. The third-order valence-electron chi connectivity index (χ3n) is 4.90. The first-order valence-corrected chi connectivity index (χ1v) is 10.2. The molecule has 0 spiro atoms. The Labute approximate surface area is 166 Å². The van der Waals surface area contributed by atoms with Gasteiger partial charge in [-0.05, 0) is 48.9 Å². The van der Waals surface area contributed by atoms with E-state index in [0.717, 1.165) is 48.6 Å². The Hall–Kier alpha value is -2.87. The number of aromatic nitrogens is 4. The van der Waals surface area contributed by atoms with Gasteiger partial charge in [-0.3, -0.25) is 14.6 Å². The van der Waals surface area contributed by atoms with Crippen molar-refractivity contribution in [3.05, 3.63) is 52.2 Å². The van der Waals surface area contributed by atoms with E-state index in [0.29, 0.717) is 11.3 Å². The second-order valence-electron chi connectivity index (χ2n) is 6.98. The Balaban J connectivity index is 1.38. The van der Waals surface area contributed by atoms with Crippen LogP contribution in [0.4, 0.5) is 0 Å². The third-order valence-corrected chi connectivity index (χ3v) is 5.98. The van der Waals surface area contributed by atoms with Crippen LogP contribution >= 0.6 is 11.3 Å². The van der Waals surface area contributed by atoms with Crippen molar-refractivity contribution < 1.29 is 9.59 Å². The Kier molecular flexibility index (Phi) is 5.29. The summed E-state index contributed by atoms with van der Waals surface area (Å²) in [5.41, 5.74) is 1.83. The first kappa shape index (κ1) is 18.5. The number of Topliss-reactive ketones (excluding diaryl/α,β-unsaturated/α-hetero) is 1. The highest BCUT2D eigenvalue weighted by molar-refractivity contribution is 7.12. The first-order chi connectivity index (χ1) is 13.6. The van der Waals surface area contributed by atoms with Crippen LogP contribution in [0.2, 0.25) is 0 Å². The summed E-state index contributed by atoms with van der Waals surface area (Å²) < 4.78 is 2.13. The first-order valence-electron chi connectivity index (χ1n) is 9.30. The summed E-state index contributed by atoms with van der Waals surface area (Å²) in [5, 5.41) is 13.7. The number of nitrogens with zero attached hydrogens (tertiary/aromatic N) is 4. The summed E-state index contributed by atoms with van der Waals surface area (Å²) in [6.07, 6.45) is 6.25. The number of fused-ring (bicyclic) bond motifs is 1. The van der Waals surface area contributed by atoms with Crippen molar-refractivity contribution in [3.63, 3.8) is 0 Å². The van der Waals surface area contributed by atoms with Crippen molar-refractivity contribution in [2.75, 3.05) is 0 Å². The molecule has 0 fully saturated rings. The standard InChI is InChI=1S/C20H21N5O2S/c1-13(26)17-9-14(12-28-17)10-19(27)22-16-4-5-18-23-24-20(25(18)8-6-16)15-3-2-7-21-11-15/h2-3,7,9,11-12,16H,4-6,8,10H2,1H3,(H,22,27). The molecule has 144 valence electrons. The van der Waals surface area contributed by atoms with Crippen LogP contribution in [0.25, 0.3) is 11.4 Å². The number of amides is 1. The summed E-state index contributed by atoms with van der Waals surface area (Å²) in [6, 6.07) is 5.77. The average molecular weight is 395 g/mol. The monoisotopic (exact) mass is 395 g/mol. The summed E-state index contributed by atoms with van der Waals surface area (Å²) >= 11 is 1.39. The largest absolute Gasteiger partial charge is 0.353 e. The van der Waals surface area contributed by atoms with Crippen molar-refractivity contribution in [2.24, 2.45) is 0 Å². The molecule has 1 amide bonds. The lowest BCUT2D eigenvalue weighted by Gasteiger charge is -2.16. The molecule has 1 unspecified atom stereocenters. The zero-order valence-corrected chi connectivity index (χ0v) is 16.4. The molecule has 4 rings (SSSR count). The molecule has 1 aliphatic heterocycles.